The zero-order valence-corrected chi connectivity index (χ0v) is 8.29. The maximum atomic E-state index is 13.6. The Morgan fingerprint density at radius 1 is 1.29 bits per heavy atom. The lowest BCUT2D eigenvalue weighted by atomic mass is 9.96. The molecule has 0 aliphatic carbocycles. The molecule has 0 radical (unpaired) electrons. The monoisotopic (exact) mass is 193 g/mol. The van der Waals surface area contributed by atoms with E-state index in [4.69, 9.17) is 4.74 Å². The van der Waals surface area contributed by atoms with Crippen LogP contribution in [0.15, 0.2) is 18.2 Å². The van der Waals surface area contributed by atoms with E-state index in [0.29, 0.717) is 18.9 Å². The molecule has 74 valence electrons. The molecule has 4 heteroatoms. The van der Waals surface area contributed by atoms with Crippen molar-refractivity contribution < 1.29 is 9.13 Å². The number of ether oxygens (including phenoxy) is 1. The number of rotatable bonds is 1. The van der Waals surface area contributed by atoms with Crippen LogP contribution in [-0.2, 0) is 4.74 Å². The van der Waals surface area contributed by atoms with Crippen LogP contribution in [0.25, 0.3) is 0 Å². The molecule has 0 bridgehead atoms. The molecule has 0 atom stereocenters. The molecule has 0 amide bonds. The van der Waals surface area contributed by atoms with Crippen molar-refractivity contribution in [3.8, 4) is 0 Å². The SMILES string of the molecule is Bc1ccc(N2CCOCC2)c(F)c1. The highest BCUT2D eigenvalue weighted by molar-refractivity contribution is 6.32. The number of nitrogens with zero attached hydrogens (tertiary/aromatic N) is 1. The van der Waals surface area contributed by atoms with E-state index in [1.807, 2.05) is 24.9 Å². The van der Waals surface area contributed by atoms with Gasteiger partial charge in [0.2, 0.25) is 0 Å². The third-order valence-corrected chi connectivity index (χ3v) is 2.45. The fraction of sp³-hybridized carbons (Fsp3) is 0.400. The highest BCUT2D eigenvalue weighted by atomic mass is 19.1. The van der Waals surface area contributed by atoms with Crippen LogP contribution in [0.5, 0.6) is 0 Å². The van der Waals surface area contributed by atoms with Gasteiger partial charge in [0.05, 0.1) is 18.9 Å². The second-order valence-corrected chi connectivity index (χ2v) is 3.55. The van der Waals surface area contributed by atoms with Gasteiger partial charge in [-0.1, -0.05) is 11.5 Å². The molecule has 0 N–H and O–H groups in total. The molecule has 1 saturated heterocycles. The minimum atomic E-state index is -0.132. The van der Waals surface area contributed by atoms with Crippen LogP contribution in [-0.4, -0.2) is 34.1 Å². The molecule has 1 heterocycles. The van der Waals surface area contributed by atoms with E-state index in [9.17, 15) is 4.39 Å². The number of morpholine rings is 1. The summed E-state index contributed by atoms with van der Waals surface area (Å²) in [5.41, 5.74) is 1.65. The number of anilines is 1. The summed E-state index contributed by atoms with van der Waals surface area (Å²) in [5, 5.41) is 0. The second-order valence-electron chi connectivity index (χ2n) is 3.55. The molecule has 2 rings (SSSR count). The van der Waals surface area contributed by atoms with Crippen LogP contribution in [0.1, 0.15) is 0 Å². The Hall–Kier alpha value is -1.03. The van der Waals surface area contributed by atoms with E-state index in [-0.39, 0.29) is 5.82 Å². The smallest absolute Gasteiger partial charge is 0.145 e. The standard InChI is InChI=1S/C10H13BFNO/c11-8-1-2-10(9(12)7-8)13-3-5-14-6-4-13/h1-2,7H,3-6,11H2. The first-order valence-corrected chi connectivity index (χ1v) is 4.86. The van der Waals surface area contributed by atoms with E-state index in [1.165, 1.54) is 0 Å². The fourth-order valence-electron chi connectivity index (χ4n) is 1.67. The minimum absolute atomic E-state index is 0.132. The van der Waals surface area contributed by atoms with Crippen molar-refractivity contribution in [1.82, 2.24) is 0 Å². The second kappa shape index (κ2) is 4.01. The molecule has 1 aliphatic rings. The Morgan fingerprint density at radius 3 is 2.64 bits per heavy atom. The Kier molecular flexibility index (Phi) is 2.73. The van der Waals surface area contributed by atoms with Crippen LogP contribution in [0.2, 0.25) is 0 Å². The predicted octanol–water partition coefficient (Wildman–Crippen LogP) is -0.0793. The molecule has 0 aromatic heterocycles. The lowest BCUT2D eigenvalue weighted by Gasteiger charge is -2.29. The molecule has 1 fully saturated rings. The van der Waals surface area contributed by atoms with Gasteiger partial charge in [0, 0.05) is 13.1 Å². The van der Waals surface area contributed by atoms with E-state index < -0.39 is 0 Å². The van der Waals surface area contributed by atoms with E-state index in [2.05, 4.69) is 0 Å². The van der Waals surface area contributed by atoms with Crippen molar-refractivity contribution in [2.75, 3.05) is 31.2 Å². The summed E-state index contributed by atoms with van der Waals surface area (Å²) in [6.45, 7) is 2.93. The molecule has 1 aromatic rings. The van der Waals surface area contributed by atoms with E-state index in [1.54, 1.807) is 6.07 Å². The summed E-state index contributed by atoms with van der Waals surface area (Å²) in [7, 11) is 1.90. The van der Waals surface area contributed by atoms with Crippen LogP contribution >= 0.6 is 0 Å². The third-order valence-electron chi connectivity index (χ3n) is 2.45. The van der Waals surface area contributed by atoms with E-state index in [0.717, 1.165) is 18.6 Å². The van der Waals surface area contributed by atoms with Crippen molar-refractivity contribution >= 4 is 19.0 Å². The normalized spacial score (nSPS) is 17.1. The van der Waals surface area contributed by atoms with Gasteiger partial charge in [0.1, 0.15) is 13.7 Å². The van der Waals surface area contributed by atoms with Gasteiger partial charge in [-0.2, -0.15) is 0 Å². The van der Waals surface area contributed by atoms with Crippen molar-refractivity contribution in [2.24, 2.45) is 0 Å². The zero-order valence-electron chi connectivity index (χ0n) is 8.29. The molecule has 1 aliphatic heterocycles. The van der Waals surface area contributed by atoms with Crippen molar-refractivity contribution in [3.63, 3.8) is 0 Å². The maximum absolute atomic E-state index is 13.6. The quantitative estimate of drug-likeness (QED) is 0.578. The first-order valence-electron chi connectivity index (χ1n) is 4.86. The molecule has 0 saturated carbocycles. The summed E-state index contributed by atoms with van der Waals surface area (Å²) in [5.74, 6) is -0.132. The average molecular weight is 193 g/mol. The zero-order chi connectivity index (χ0) is 9.97. The van der Waals surface area contributed by atoms with Crippen molar-refractivity contribution in [3.05, 3.63) is 24.0 Å². The summed E-state index contributed by atoms with van der Waals surface area (Å²) >= 11 is 0. The van der Waals surface area contributed by atoms with Crippen LogP contribution in [0.3, 0.4) is 0 Å². The van der Waals surface area contributed by atoms with E-state index >= 15 is 0 Å². The third kappa shape index (κ3) is 1.90. The number of hydrogen-bond acceptors (Lipinski definition) is 2. The first kappa shape index (κ1) is 9.53. The van der Waals surface area contributed by atoms with Crippen molar-refractivity contribution in [1.29, 1.82) is 0 Å². The highest BCUT2D eigenvalue weighted by Crippen LogP contribution is 2.18. The summed E-state index contributed by atoms with van der Waals surface area (Å²) in [4.78, 5) is 2.03. The van der Waals surface area contributed by atoms with Gasteiger partial charge in [-0.3, -0.25) is 0 Å². The molecule has 0 spiro atoms. The van der Waals surface area contributed by atoms with Gasteiger partial charge in [0.25, 0.3) is 0 Å². The number of benzene rings is 1. The summed E-state index contributed by atoms with van der Waals surface area (Å²) in [6.07, 6.45) is 0. The van der Waals surface area contributed by atoms with Crippen LogP contribution < -0.4 is 10.4 Å². The topological polar surface area (TPSA) is 12.5 Å². The van der Waals surface area contributed by atoms with Crippen LogP contribution in [0.4, 0.5) is 10.1 Å². The van der Waals surface area contributed by atoms with Gasteiger partial charge in [0.15, 0.2) is 0 Å². The fourth-order valence-corrected chi connectivity index (χ4v) is 1.67. The summed E-state index contributed by atoms with van der Waals surface area (Å²) in [6, 6.07) is 5.36. The highest BCUT2D eigenvalue weighted by Gasteiger charge is 2.14. The molecule has 2 nitrogen and oxygen atoms in total. The van der Waals surface area contributed by atoms with Crippen molar-refractivity contribution in [2.45, 2.75) is 0 Å². The van der Waals surface area contributed by atoms with Gasteiger partial charge < -0.3 is 9.64 Å². The Balaban J connectivity index is 2.22. The largest absolute Gasteiger partial charge is 0.378 e. The minimum Gasteiger partial charge on any atom is -0.378 e. The molecule has 0 unspecified atom stereocenters. The van der Waals surface area contributed by atoms with Gasteiger partial charge in [-0.25, -0.2) is 4.39 Å². The average Bonchev–Trinajstić information content (AvgIpc) is 2.19. The van der Waals surface area contributed by atoms with Gasteiger partial charge >= 0.3 is 0 Å². The molecule has 1 aromatic carbocycles. The molecular weight excluding hydrogens is 180 g/mol. The molecular formula is C10H13BFNO. The van der Waals surface area contributed by atoms with Crippen LogP contribution in [0, 0.1) is 5.82 Å². The van der Waals surface area contributed by atoms with Gasteiger partial charge in [-0.15, -0.1) is 0 Å². The number of hydrogen-bond donors (Lipinski definition) is 0. The van der Waals surface area contributed by atoms with Gasteiger partial charge in [-0.05, 0) is 12.1 Å². The first-order chi connectivity index (χ1) is 6.77. The predicted molar refractivity (Wildman–Crippen MR) is 57.6 cm³/mol. The summed E-state index contributed by atoms with van der Waals surface area (Å²) < 4.78 is 18.8. The molecule has 14 heavy (non-hydrogen) atoms. The number of halogens is 1. The maximum Gasteiger partial charge on any atom is 0.145 e. The Labute approximate surface area is 84.1 Å². The Morgan fingerprint density at radius 2 is 2.00 bits per heavy atom. The lowest BCUT2D eigenvalue weighted by Crippen LogP contribution is -2.36. The Bertz CT molecular complexity index is 326. The lowest BCUT2D eigenvalue weighted by molar-refractivity contribution is 0.122.